The third kappa shape index (κ3) is 4.44. The molecular weight excluding hydrogens is 509 g/mol. The third-order valence-corrected chi connectivity index (χ3v) is 6.20. The molecule has 0 aliphatic carbocycles. The molecule has 6 nitrogen and oxygen atoms in total. The standard InChI is InChI=1S/C22H18IN5OS/c23-12-14-5-3-7-16(11-14)26-22-19(20(24)29)21(27-28-22)25-13-15-6-1-2-8-17(15)18-9-4-10-30-18/h1-11,13H,12H2,(H2,24,29)(H2,26,27,28)/b25-13+. The van der Waals surface area contributed by atoms with E-state index in [9.17, 15) is 4.79 Å². The highest BCUT2D eigenvalue weighted by atomic mass is 127. The third-order valence-electron chi connectivity index (χ3n) is 4.42. The van der Waals surface area contributed by atoms with Crippen molar-refractivity contribution in [1.82, 2.24) is 10.2 Å². The molecule has 2 aromatic carbocycles. The summed E-state index contributed by atoms with van der Waals surface area (Å²) in [5, 5.41) is 12.2. The SMILES string of the molecule is NC(=O)c1c(Nc2cccc(CI)c2)n[nH]c1/N=C/c1ccccc1-c1cccs1. The molecule has 0 saturated heterocycles. The van der Waals surface area contributed by atoms with Crippen LogP contribution in [0.4, 0.5) is 17.3 Å². The van der Waals surface area contributed by atoms with Crippen LogP contribution in [-0.2, 0) is 4.43 Å². The lowest BCUT2D eigenvalue weighted by molar-refractivity contribution is 0.100. The second-order valence-corrected chi connectivity index (χ2v) is 8.15. The number of alkyl halides is 1. The first-order valence-electron chi connectivity index (χ1n) is 9.13. The minimum absolute atomic E-state index is 0.222. The van der Waals surface area contributed by atoms with Crippen LogP contribution >= 0.6 is 33.9 Å². The fraction of sp³-hybridized carbons (Fsp3) is 0.0455. The van der Waals surface area contributed by atoms with E-state index in [4.69, 9.17) is 5.73 Å². The molecule has 0 spiro atoms. The number of halogens is 1. The number of nitrogens with one attached hydrogen (secondary N) is 2. The van der Waals surface area contributed by atoms with Crippen molar-refractivity contribution in [2.45, 2.75) is 4.43 Å². The van der Waals surface area contributed by atoms with Crippen molar-refractivity contribution in [3.63, 3.8) is 0 Å². The lowest BCUT2D eigenvalue weighted by Crippen LogP contribution is -2.12. The second-order valence-electron chi connectivity index (χ2n) is 6.44. The Bertz CT molecular complexity index is 1200. The van der Waals surface area contributed by atoms with Crippen molar-refractivity contribution in [3.8, 4) is 10.4 Å². The minimum atomic E-state index is -0.602. The van der Waals surface area contributed by atoms with Crippen LogP contribution < -0.4 is 11.1 Å². The van der Waals surface area contributed by atoms with Gasteiger partial charge >= 0.3 is 0 Å². The topological polar surface area (TPSA) is 96.2 Å². The number of amides is 1. The summed E-state index contributed by atoms with van der Waals surface area (Å²) in [6.45, 7) is 0. The average Bonchev–Trinajstić information content (AvgIpc) is 3.43. The van der Waals surface area contributed by atoms with E-state index in [0.717, 1.165) is 26.1 Å². The zero-order valence-corrected chi connectivity index (χ0v) is 18.8. The molecule has 0 atom stereocenters. The number of aliphatic imine (C=N–C) groups is 1. The number of hydrogen-bond acceptors (Lipinski definition) is 5. The number of hydrogen-bond donors (Lipinski definition) is 3. The van der Waals surface area contributed by atoms with Gasteiger partial charge in [0.05, 0.1) is 0 Å². The van der Waals surface area contributed by atoms with Gasteiger partial charge in [-0.3, -0.25) is 9.89 Å². The Labute approximate surface area is 191 Å². The van der Waals surface area contributed by atoms with Crippen LogP contribution in [0, 0.1) is 0 Å². The molecule has 0 unspecified atom stereocenters. The van der Waals surface area contributed by atoms with Crippen molar-refractivity contribution in [3.05, 3.63) is 82.7 Å². The zero-order chi connectivity index (χ0) is 20.9. The number of rotatable bonds is 7. The number of anilines is 2. The number of carbonyl (C=O) groups excluding carboxylic acids is 1. The number of H-pyrrole nitrogens is 1. The molecular formula is C22H18IN5OS. The highest BCUT2D eigenvalue weighted by Gasteiger charge is 2.18. The molecule has 4 rings (SSSR count). The van der Waals surface area contributed by atoms with E-state index in [1.807, 2.05) is 60.0 Å². The van der Waals surface area contributed by atoms with Crippen molar-refractivity contribution in [1.29, 1.82) is 0 Å². The average molecular weight is 527 g/mol. The van der Waals surface area contributed by atoms with E-state index >= 15 is 0 Å². The quantitative estimate of drug-likeness (QED) is 0.164. The van der Waals surface area contributed by atoms with Crippen molar-refractivity contribution < 1.29 is 4.79 Å². The van der Waals surface area contributed by atoms with Crippen LogP contribution in [0.15, 0.2) is 71.0 Å². The van der Waals surface area contributed by atoms with Gasteiger partial charge < -0.3 is 11.1 Å². The maximum atomic E-state index is 12.1. The Morgan fingerprint density at radius 2 is 2.07 bits per heavy atom. The Hall–Kier alpha value is -2.98. The lowest BCUT2D eigenvalue weighted by Gasteiger charge is -2.06. The molecule has 0 fully saturated rings. The smallest absolute Gasteiger partial charge is 0.256 e. The molecule has 0 aliphatic rings. The number of nitrogens with zero attached hydrogens (tertiary/aromatic N) is 2. The predicted octanol–water partition coefficient (Wildman–Crippen LogP) is 5.67. The molecule has 4 aromatic rings. The Morgan fingerprint density at radius 1 is 1.20 bits per heavy atom. The largest absolute Gasteiger partial charge is 0.365 e. The Morgan fingerprint density at radius 3 is 2.83 bits per heavy atom. The normalized spacial score (nSPS) is 11.1. The number of aromatic nitrogens is 2. The molecule has 2 heterocycles. The van der Waals surface area contributed by atoms with E-state index in [2.05, 4.69) is 49.2 Å². The first kappa shape index (κ1) is 20.3. The van der Waals surface area contributed by atoms with Crippen molar-refractivity contribution >= 4 is 63.4 Å². The van der Waals surface area contributed by atoms with Crippen molar-refractivity contribution in [2.75, 3.05) is 5.32 Å². The first-order chi connectivity index (χ1) is 14.7. The van der Waals surface area contributed by atoms with Crippen molar-refractivity contribution in [2.24, 2.45) is 10.7 Å². The maximum absolute atomic E-state index is 12.1. The van der Waals surface area contributed by atoms with Crippen LogP contribution in [0.1, 0.15) is 21.5 Å². The molecule has 150 valence electrons. The number of primary amides is 1. The summed E-state index contributed by atoms with van der Waals surface area (Å²) in [6, 6.07) is 20.0. The van der Waals surface area contributed by atoms with Crippen LogP contribution in [0.5, 0.6) is 0 Å². The molecule has 0 saturated carbocycles. The van der Waals surface area contributed by atoms with E-state index in [1.54, 1.807) is 17.6 Å². The van der Waals surface area contributed by atoms with Gasteiger partial charge in [-0.2, -0.15) is 5.10 Å². The van der Waals surface area contributed by atoms with Gasteiger partial charge in [0.2, 0.25) is 0 Å². The number of aromatic amines is 1. The van der Waals surface area contributed by atoms with E-state index in [-0.39, 0.29) is 5.56 Å². The lowest BCUT2D eigenvalue weighted by atomic mass is 10.1. The summed E-state index contributed by atoms with van der Waals surface area (Å²) in [5.74, 6) is 0.0674. The molecule has 0 radical (unpaired) electrons. The van der Waals surface area contributed by atoms with Crippen LogP contribution in [0.3, 0.4) is 0 Å². The summed E-state index contributed by atoms with van der Waals surface area (Å²) in [7, 11) is 0. The second kappa shape index (κ2) is 9.23. The van der Waals surface area contributed by atoms with Gasteiger partial charge in [0.15, 0.2) is 11.6 Å². The van der Waals surface area contributed by atoms with Gasteiger partial charge in [-0.15, -0.1) is 11.3 Å². The van der Waals surface area contributed by atoms with Gasteiger partial charge in [0.25, 0.3) is 5.91 Å². The molecule has 2 aromatic heterocycles. The zero-order valence-electron chi connectivity index (χ0n) is 15.8. The molecule has 30 heavy (non-hydrogen) atoms. The fourth-order valence-corrected chi connectivity index (χ4v) is 4.27. The monoisotopic (exact) mass is 527 g/mol. The van der Waals surface area contributed by atoms with Crippen LogP contribution in [0.25, 0.3) is 10.4 Å². The van der Waals surface area contributed by atoms with Crippen LogP contribution in [-0.4, -0.2) is 22.3 Å². The molecule has 0 bridgehead atoms. The summed E-state index contributed by atoms with van der Waals surface area (Å²) in [6.07, 6.45) is 1.72. The summed E-state index contributed by atoms with van der Waals surface area (Å²) < 4.78 is 0.885. The molecule has 1 amide bonds. The summed E-state index contributed by atoms with van der Waals surface area (Å²) >= 11 is 3.96. The van der Waals surface area contributed by atoms with E-state index in [1.165, 1.54) is 5.56 Å². The highest BCUT2D eigenvalue weighted by molar-refractivity contribution is 14.1. The predicted molar refractivity (Wildman–Crippen MR) is 132 cm³/mol. The van der Waals surface area contributed by atoms with Gasteiger partial charge in [-0.25, -0.2) is 4.99 Å². The van der Waals surface area contributed by atoms with Gasteiger partial charge in [-0.1, -0.05) is 65.1 Å². The number of carbonyl (C=O) groups is 1. The van der Waals surface area contributed by atoms with Crippen LogP contribution in [0.2, 0.25) is 0 Å². The Balaban J connectivity index is 1.65. The minimum Gasteiger partial charge on any atom is -0.365 e. The van der Waals surface area contributed by atoms with Gasteiger partial charge in [-0.05, 0) is 29.1 Å². The summed E-state index contributed by atoms with van der Waals surface area (Å²) in [5.41, 5.74) is 9.87. The maximum Gasteiger partial charge on any atom is 0.256 e. The number of nitrogens with two attached hydrogens (primary N) is 1. The summed E-state index contributed by atoms with van der Waals surface area (Å²) in [4.78, 5) is 17.8. The number of benzene rings is 2. The van der Waals surface area contributed by atoms with Gasteiger partial charge in [0.1, 0.15) is 5.56 Å². The van der Waals surface area contributed by atoms with E-state index < -0.39 is 5.91 Å². The highest BCUT2D eigenvalue weighted by Crippen LogP contribution is 2.29. The number of thiophene rings is 1. The fourth-order valence-electron chi connectivity index (χ4n) is 3.02. The van der Waals surface area contributed by atoms with E-state index in [0.29, 0.717) is 11.6 Å². The first-order valence-corrected chi connectivity index (χ1v) is 11.5. The molecule has 0 aliphatic heterocycles. The molecule has 8 heteroatoms. The van der Waals surface area contributed by atoms with Gasteiger partial charge in [0, 0.05) is 32.3 Å². The Kier molecular flexibility index (Phi) is 6.24. The molecule has 4 N–H and O–H groups in total.